The van der Waals surface area contributed by atoms with Gasteiger partial charge in [0.25, 0.3) is 0 Å². The summed E-state index contributed by atoms with van der Waals surface area (Å²) in [6.07, 6.45) is 0. The molecule has 4 aromatic rings. The van der Waals surface area contributed by atoms with Gasteiger partial charge in [0.2, 0.25) is 4.96 Å². The number of thiazole rings is 1. The molecule has 1 aliphatic heterocycles. The fourth-order valence-electron chi connectivity index (χ4n) is 3.04. The van der Waals surface area contributed by atoms with Crippen molar-refractivity contribution in [2.45, 2.75) is 13.5 Å². The number of rotatable bonds is 0. The van der Waals surface area contributed by atoms with E-state index in [1.165, 1.54) is 16.0 Å². The monoisotopic (exact) mass is 293 g/mol. The van der Waals surface area contributed by atoms with Crippen LogP contribution >= 0.6 is 11.3 Å². The molecule has 0 atom stereocenters. The molecule has 0 N–H and O–H groups in total. The predicted octanol–water partition coefficient (Wildman–Crippen LogP) is 3.81. The number of hydrogen-bond donors (Lipinski definition) is 0. The van der Waals surface area contributed by atoms with Crippen LogP contribution in [0.2, 0.25) is 0 Å². The van der Waals surface area contributed by atoms with Crippen molar-refractivity contribution < 1.29 is 4.74 Å². The molecule has 5 heteroatoms. The topological polar surface area (TPSA) is 39.4 Å². The predicted molar refractivity (Wildman–Crippen MR) is 82.9 cm³/mol. The third-order valence-corrected chi connectivity index (χ3v) is 4.98. The molecular weight excluding hydrogens is 282 g/mol. The maximum Gasteiger partial charge on any atom is 0.217 e. The van der Waals surface area contributed by atoms with Crippen LogP contribution in [0.3, 0.4) is 0 Å². The lowest BCUT2D eigenvalue weighted by Crippen LogP contribution is -2.06. The number of hydrogen-bond acceptors (Lipinski definition) is 4. The molecule has 0 unspecified atom stereocenters. The first-order valence-corrected chi connectivity index (χ1v) is 7.63. The Labute approximate surface area is 124 Å². The van der Waals surface area contributed by atoms with Crippen LogP contribution < -0.4 is 4.74 Å². The van der Waals surface area contributed by atoms with Crippen molar-refractivity contribution in [2.24, 2.45) is 0 Å². The summed E-state index contributed by atoms with van der Waals surface area (Å²) < 4.78 is 8.19. The second-order valence-electron chi connectivity index (χ2n) is 5.19. The zero-order valence-corrected chi connectivity index (χ0v) is 12.1. The van der Waals surface area contributed by atoms with E-state index in [9.17, 15) is 0 Å². The normalized spacial score (nSPS) is 13.2. The van der Waals surface area contributed by atoms with Gasteiger partial charge in [0, 0.05) is 10.9 Å². The molecule has 0 radical (unpaired) electrons. The lowest BCUT2D eigenvalue weighted by molar-refractivity contribution is 0.309. The van der Waals surface area contributed by atoms with Crippen LogP contribution in [-0.2, 0) is 6.61 Å². The van der Waals surface area contributed by atoms with Gasteiger partial charge < -0.3 is 4.74 Å². The van der Waals surface area contributed by atoms with E-state index >= 15 is 0 Å². The second-order valence-corrected chi connectivity index (χ2v) is 6.25. The zero-order chi connectivity index (χ0) is 14.0. The summed E-state index contributed by atoms with van der Waals surface area (Å²) in [5, 5.41) is 10.8. The maximum atomic E-state index is 6.05. The summed E-state index contributed by atoms with van der Waals surface area (Å²) in [6.45, 7) is 2.59. The smallest absolute Gasteiger partial charge is 0.217 e. The molecule has 0 aliphatic carbocycles. The van der Waals surface area contributed by atoms with Crippen molar-refractivity contribution in [2.75, 3.05) is 0 Å². The summed E-state index contributed by atoms with van der Waals surface area (Å²) in [6, 6.07) is 12.6. The van der Waals surface area contributed by atoms with Crippen LogP contribution in [0.1, 0.15) is 10.7 Å². The minimum Gasteiger partial charge on any atom is -0.487 e. The summed E-state index contributed by atoms with van der Waals surface area (Å²) >= 11 is 1.65. The molecule has 5 rings (SSSR count). The van der Waals surface area contributed by atoms with Crippen LogP contribution in [0.25, 0.3) is 27.0 Å². The molecular formula is C16H11N3OS. The quantitative estimate of drug-likeness (QED) is 0.495. The number of fused-ring (bicyclic) bond motifs is 7. The molecule has 21 heavy (non-hydrogen) atoms. The van der Waals surface area contributed by atoms with Crippen molar-refractivity contribution in [3.8, 4) is 17.0 Å². The SMILES string of the molecule is Cc1nnc2sc3c(n12)-c1ccc2ccccc2c1OC3. The lowest BCUT2D eigenvalue weighted by Gasteiger charge is -2.19. The molecule has 2 aromatic heterocycles. The average Bonchev–Trinajstić information content (AvgIpc) is 3.06. The average molecular weight is 293 g/mol. The van der Waals surface area contributed by atoms with Gasteiger partial charge >= 0.3 is 0 Å². The van der Waals surface area contributed by atoms with Gasteiger partial charge in [0.05, 0.1) is 10.6 Å². The number of aromatic nitrogens is 3. The van der Waals surface area contributed by atoms with E-state index in [0.717, 1.165) is 27.5 Å². The highest BCUT2D eigenvalue weighted by Gasteiger charge is 2.25. The lowest BCUT2D eigenvalue weighted by atomic mass is 10.0. The van der Waals surface area contributed by atoms with Crippen LogP contribution in [0.15, 0.2) is 36.4 Å². The van der Waals surface area contributed by atoms with Crippen molar-refractivity contribution >= 4 is 27.1 Å². The Kier molecular flexibility index (Phi) is 2.06. The van der Waals surface area contributed by atoms with Gasteiger partial charge in [-0.15, -0.1) is 10.2 Å². The number of benzene rings is 2. The van der Waals surface area contributed by atoms with E-state index in [1.54, 1.807) is 11.3 Å². The highest BCUT2D eigenvalue weighted by Crippen LogP contribution is 2.44. The highest BCUT2D eigenvalue weighted by atomic mass is 32.1. The molecule has 3 heterocycles. The van der Waals surface area contributed by atoms with Crippen molar-refractivity contribution in [3.63, 3.8) is 0 Å². The van der Waals surface area contributed by atoms with Crippen LogP contribution in [0.4, 0.5) is 0 Å². The van der Waals surface area contributed by atoms with Gasteiger partial charge in [-0.2, -0.15) is 0 Å². The van der Waals surface area contributed by atoms with Gasteiger partial charge in [0.1, 0.15) is 18.2 Å². The van der Waals surface area contributed by atoms with E-state index in [-0.39, 0.29) is 0 Å². The molecule has 0 amide bonds. The fourth-order valence-corrected chi connectivity index (χ4v) is 4.07. The largest absolute Gasteiger partial charge is 0.487 e. The van der Waals surface area contributed by atoms with Crippen LogP contribution in [0.5, 0.6) is 5.75 Å². The van der Waals surface area contributed by atoms with Crippen LogP contribution in [-0.4, -0.2) is 14.6 Å². The van der Waals surface area contributed by atoms with Gasteiger partial charge in [-0.3, -0.25) is 4.40 Å². The van der Waals surface area contributed by atoms with Crippen molar-refractivity contribution in [1.29, 1.82) is 0 Å². The van der Waals surface area contributed by atoms with E-state index in [4.69, 9.17) is 4.74 Å². The summed E-state index contributed by atoms with van der Waals surface area (Å²) in [4.78, 5) is 2.15. The first-order chi connectivity index (χ1) is 10.3. The fraction of sp³-hybridized carbons (Fsp3) is 0.125. The van der Waals surface area contributed by atoms with E-state index < -0.39 is 0 Å². The molecule has 0 spiro atoms. The minimum absolute atomic E-state index is 0.601. The molecule has 0 saturated heterocycles. The Bertz CT molecular complexity index is 1020. The standard InChI is InChI=1S/C16H11N3OS/c1-9-17-18-16-19(9)14-12-7-6-10-4-2-3-5-11(10)15(12)20-8-13(14)21-16/h2-7H,8H2,1H3. The third kappa shape index (κ3) is 1.39. The molecule has 4 nitrogen and oxygen atoms in total. The van der Waals surface area contributed by atoms with E-state index in [1.807, 2.05) is 6.92 Å². The van der Waals surface area contributed by atoms with E-state index in [0.29, 0.717) is 6.61 Å². The Balaban J connectivity index is 1.94. The number of nitrogens with zero attached hydrogens (tertiary/aromatic N) is 3. The summed E-state index contributed by atoms with van der Waals surface area (Å²) in [5.74, 6) is 1.89. The Morgan fingerprint density at radius 1 is 1.14 bits per heavy atom. The number of aryl methyl sites for hydroxylation is 1. The minimum atomic E-state index is 0.601. The van der Waals surface area contributed by atoms with Gasteiger partial charge in [0.15, 0.2) is 0 Å². The Hall–Kier alpha value is -2.40. The number of ether oxygens (including phenoxy) is 1. The van der Waals surface area contributed by atoms with Crippen molar-refractivity contribution in [1.82, 2.24) is 14.6 Å². The van der Waals surface area contributed by atoms with Crippen LogP contribution in [0, 0.1) is 6.92 Å². The third-order valence-electron chi connectivity index (χ3n) is 3.98. The first-order valence-electron chi connectivity index (χ1n) is 6.81. The van der Waals surface area contributed by atoms with Gasteiger partial charge in [-0.25, -0.2) is 0 Å². The zero-order valence-electron chi connectivity index (χ0n) is 11.3. The first kappa shape index (κ1) is 11.3. The molecule has 0 saturated carbocycles. The molecule has 0 fully saturated rings. The molecule has 1 aliphatic rings. The van der Waals surface area contributed by atoms with Gasteiger partial charge in [-0.1, -0.05) is 41.7 Å². The summed E-state index contributed by atoms with van der Waals surface area (Å²) in [7, 11) is 0. The second kappa shape index (κ2) is 3.83. The molecule has 2 aromatic carbocycles. The maximum absolute atomic E-state index is 6.05. The van der Waals surface area contributed by atoms with Gasteiger partial charge in [-0.05, 0) is 18.4 Å². The molecule has 102 valence electrons. The summed E-state index contributed by atoms with van der Waals surface area (Å²) in [5.41, 5.74) is 2.31. The Morgan fingerprint density at radius 2 is 2.05 bits per heavy atom. The highest BCUT2D eigenvalue weighted by molar-refractivity contribution is 7.17. The molecule has 0 bridgehead atoms. The van der Waals surface area contributed by atoms with E-state index in [2.05, 4.69) is 51.0 Å². The Morgan fingerprint density at radius 3 is 3.00 bits per heavy atom. The van der Waals surface area contributed by atoms with Crippen molar-refractivity contribution in [3.05, 3.63) is 47.1 Å².